The van der Waals surface area contributed by atoms with Gasteiger partial charge in [0.25, 0.3) is 0 Å². The van der Waals surface area contributed by atoms with Gasteiger partial charge in [-0.1, -0.05) is 57.0 Å². The lowest BCUT2D eigenvalue weighted by molar-refractivity contribution is -0.133. The summed E-state index contributed by atoms with van der Waals surface area (Å²) >= 11 is 1.57. The van der Waals surface area contributed by atoms with Gasteiger partial charge in [0.2, 0.25) is 5.88 Å². The molecule has 3 aliphatic heterocycles. The summed E-state index contributed by atoms with van der Waals surface area (Å²) in [6.07, 6.45) is 10.1. The van der Waals surface area contributed by atoms with E-state index in [9.17, 15) is 4.79 Å². The van der Waals surface area contributed by atoms with Crippen molar-refractivity contribution in [3.8, 4) is 11.6 Å². The molecule has 3 aliphatic rings. The molecule has 4 heterocycles. The second kappa shape index (κ2) is 20.0. The van der Waals surface area contributed by atoms with E-state index in [1.165, 1.54) is 5.56 Å². The summed E-state index contributed by atoms with van der Waals surface area (Å²) in [5.74, 6) is 2.74. The molecular weight excluding hydrogens is 717 g/mol. The third-order valence-electron chi connectivity index (χ3n) is 10.5. The Balaban J connectivity index is 0.00000696. The second-order valence-electron chi connectivity index (χ2n) is 16.0. The quantitative estimate of drug-likeness (QED) is 0.297. The van der Waals surface area contributed by atoms with Gasteiger partial charge < -0.3 is 24.0 Å². The smallest absolute Gasteiger partial charge is 0.225 e. The maximum absolute atomic E-state index is 13.4. The first-order chi connectivity index (χ1) is 26.2. The van der Waals surface area contributed by atoms with E-state index in [-0.39, 0.29) is 19.3 Å². The van der Waals surface area contributed by atoms with E-state index < -0.39 is 11.7 Å². The number of rotatable bonds is 5. The molecule has 1 saturated heterocycles. The van der Waals surface area contributed by atoms with Crippen LogP contribution in [0.15, 0.2) is 87.7 Å². The molecular formula is C47H66N4O4S. The van der Waals surface area contributed by atoms with Gasteiger partial charge in [0.15, 0.2) is 5.78 Å². The number of hydrogen-bond donors (Lipinski definition) is 0. The highest BCUT2D eigenvalue weighted by Gasteiger charge is 2.31. The van der Waals surface area contributed by atoms with Gasteiger partial charge in [0.1, 0.15) is 17.7 Å². The fourth-order valence-corrected chi connectivity index (χ4v) is 8.39. The first-order valence-electron chi connectivity index (χ1n) is 19.8. The number of aliphatic imine (C=N–C) groups is 1. The van der Waals surface area contributed by atoms with Gasteiger partial charge in [-0.25, -0.2) is 0 Å². The van der Waals surface area contributed by atoms with Crippen molar-refractivity contribution in [3.05, 3.63) is 99.4 Å². The van der Waals surface area contributed by atoms with E-state index in [1.807, 2.05) is 34.7 Å². The molecule has 0 radical (unpaired) electrons. The Hall–Kier alpha value is -3.92. The standard InChI is InChI=1S/C46H62N4O4S.CH4/c1-12-36(44(32(5)51)54-46(7,8)9)43-35-18-20-40-38(29-35)34(22-27-52-40)17-15-14-16-31(4)53-45-37(19-21-42(48-45)50-25-23-49(11)24-26-50)39(47-10)28-30(3)33(6)55-41(43)13-2;/h12-13,18-21,28-29,31,34,44H,1,6,14-17,22-27H2,2-5,7-11H3;1H4/b30-28+,41-13-,43-36+,47-39?;/t31-,34?,44+;/m0./s1. The summed E-state index contributed by atoms with van der Waals surface area (Å²) in [7, 11) is 3.97. The lowest BCUT2D eigenvalue weighted by Crippen LogP contribution is -2.44. The molecule has 0 saturated carbocycles. The molecule has 8 nitrogen and oxygen atoms in total. The van der Waals surface area contributed by atoms with Crippen molar-refractivity contribution in [1.82, 2.24) is 9.88 Å². The lowest BCUT2D eigenvalue weighted by Gasteiger charge is -2.33. The molecule has 1 fully saturated rings. The molecule has 2 bridgehead atoms. The Morgan fingerprint density at radius 3 is 2.46 bits per heavy atom. The number of likely N-dealkylation sites (N-methyl/N-ethyl adjacent to an activating group) is 1. The number of ether oxygens (including phenoxy) is 3. The molecule has 1 unspecified atom stereocenters. The van der Waals surface area contributed by atoms with Crippen LogP contribution in [-0.2, 0) is 9.53 Å². The number of hydrogen-bond acceptors (Lipinski definition) is 9. The van der Waals surface area contributed by atoms with Gasteiger partial charge in [0, 0.05) is 48.6 Å². The minimum atomic E-state index is -0.807. The summed E-state index contributed by atoms with van der Waals surface area (Å²) in [6, 6.07) is 10.7. The minimum Gasteiger partial charge on any atom is -0.493 e. The van der Waals surface area contributed by atoms with Gasteiger partial charge in [-0.3, -0.25) is 9.79 Å². The summed E-state index contributed by atoms with van der Waals surface area (Å²) in [6.45, 7) is 27.1. The van der Waals surface area contributed by atoms with E-state index in [0.29, 0.717) is 18.4 Å². The molecule has 1 aromatic heterocycles. The van der Waals surface area contributed by atoms with Crippen LogP contribution in [-0.4, -0.2) is 86.1 Å². The molecule has 304 valence electrons. The number of aromatic nitrogens is 1. The number of carbonyl (C=O) groups excluding carboxylic acids is 1. The van der Waals surface area contributed by atoms with Gasteiger partial charge in [-0.15, -0.1) is 0 Å². The number of allylic oxidation sites excluding steroid dienone is 4. The van der Waals surface area contributed by atoms with Crippen molar-refractivity contribution in [2.45, 2.75) is 112 Å². The second-order valence-corrected chi connectivity index (χ2v) is 17.1. The molecule has 5 rings (SSSR count). The van der Waals surface area contributed by atoms with Crippen LogP contribution in [0, 0.1) is 0 Å². The zero-order valence-electron chi connectivity index (χ0n) is 34.7. The fourth-order valence-electron chi connectivity index (χ4n) is 7.45. The highest BCUT2D eigenvalue weighted by atomic mass is 32.2. The molecule has 2 aromatic rings. The van der Waals surface area contributed by atoms with Crippen molar-refractivity contribution < 1.29 is 19.0 Å². The van der Waals surface area contributed by atoms with Gasteiger partial charge >= 0.3 is 0 Å². The Morgan fingerprint density at radius 2 is 1.82 bits per heavy atom. The number of ketones is 1. The maximum Gasteiger partial charge on any atom is 0.225 e. The third-order valence-corrected chi connectivity index (χ3v) is 11.8. The zero-order chi connectivity index (χ0) is 39.9. The number of nitrogens with zero attached hydrogens (tertiary/aromatic N) is 4. The van der Waals surface area contributed by atoms with Crippen molar-refractivity contribution in [2.24, 2.45) is 4.99 Å². The van der Waals surface area contributed by atoms with Crippen LogP contribution >= 0.6 is 11.8 Å². The highest BCUT2D eigenvalue weighted by Crippen LogP contribution is 2.45. The number of pyridine rings is 1. The first kappa shape index (κ1) is 44.8. The van der Waals surface area contributed by atoms with Crippen LogP contribution in [0.5, 0.6) is 11.6 Å². The Morgan fingerprint density at radius 1 is 1.11 bits per heavy atom. The molecule has 0 aliphatic carbocycles. The van der Waals surface area contributed by atoms with Crippen LogP contribution in [0.1, 0.15) is 111 Å². The average Bonchev–Trinajstić information content (AvgIpc) is 3.15. The van der Waals surface area contributed by atoms with Crippen molar-refractivity contribution in [3.63, 3.8) is 0 Å². The van der Waals surface area contributed by atoms with E-state index in [4.69, 9.17) is 24.2 Å². The van der Waals surface area contributed by atoms with Crippen LogP contribution in [0.2, 0.25) is 0 Å². The Bertz CT molecular complexity index is 1860. The number of anilines is 1. The summed E-state index contributed by atoms with van der Waals surface area (Å²) in [5, 5.41) is 0. The van der Waals surface area contributed by atoms with E-state index in [1.54, 1.807) is 24.8 Å². The average molecular weight is 783 g/mol. The van der Waals surface area contributed by atoms with Crippen molar-refractivity contribution in [2.75, 3.05) is 51.8 Å². The summed E-state index contributed by atoms with van der Waals surface area (Å²) in [4.78, 5) is 29.8. The van der Waals surface area contributed by atoms with E-state index in [2.05, 4.69) is 86.3 Å². The van der Waals surface area contributed by atoms with E-state index >= 15 is 0 Å². The van der Waals surface area contributed by atoms with E-state index in [0.717, 1.165) is 113 Å². The van der Waals surface area contributed by atoms with Crippen LogP contribution in [0.25, 0.3) is 5.57 Å². The van der Waals surface area contributed by atoms with Crippen molar-refractivity contribution >= 4 is 34.6 Å². The molecule has 3 atom stereocenters. The largest absolute Gasteiger partial charge is 0.493 e. The van der Waals surface area contributed by atoms with Crippen molar-refractivity contribution in [1.29, 1.82) is 0 Å². The SMILES string of the molecule is C.C=C/C(=C1\C(=C\C)SC(=C)/C(C)=C/C(=NC)c2ccc(N3CCN(C)CC3)nc2O[C@@H](C)CCCCC2CCOc3ccc1cc32)[C@H](OC(C)(C)C)C(C)=O. The van der Waals surface area contributed by atoms with Gasteiger partial charge in [-0.2, -0.15) is 4.98 Å². The summed E-state index contributed by atoms with van der Waals surface area (Å²) < 4.78 is 19.4. The van der Waals surface area contributed by atoms with Crippen LogP contribution in [0.4, 0.5) is 5.82 Å². The predicted molar refractivity (Wildman–Crippen MR) is 238 cm³/mol. The Labute approximate surface area is 341 Å². The lowest BCUT2D eigenvalue weighted by atomic mass is 9.85. The number of benzene rings is 1. The summed E-state index contributed by atoms with van der Waals surface area (Å²) in [5.41, 5.74) is 5.87. The monoisotopic (exact) mass is 782 g/mol. The molecule has 0 N–H and O–H groups in total. The normalized spacial score (nSPS) is 24.2. The highest BCUT2D eigenvalue weighted by molar-refractivity contribution is 8.07. The van der Waals surface area contributed by atoms with Gasteiger partial charge in [0.05, 0.1) is 29.6 Å². The molecule has 0 spiro atoms. The topological polar surface area (TPSA) is 76.5 Å². The number of carbonyl (C=O) groups is 1. The number of piperazine rings is 1. The maximum atomic E-state index is 13.4. The number of fused-ring (bicyclic) bond motifs is 2. The Kier molecular flexibility index (Phi) is 16.0. The van der Waals surface area contributed by atoms with Gasteiger partial charge in [-0.05, 0) is 140 Å². The molecule has 0 amide bonds. The minimum absolute atomic E-state index is 0. The fraction of sp³-hybridized carbons (Fsp3) is 0.511. The molecule has 1 aromatic carbocycles. The molecule has 9 heteroatoms. The zero-order valence-corrected chi connectivity index (χ0v) is 35.5. The number of Topliss-reactive ketones (excluding diaryl/α,β-unsaturated/α-hetero) is 1. The predicted octanol–water partition coefficient (Wildman–Crippen LogP) is 10.6. The van der Waals surface area contributed by atoms with Crippen LogP contribution in [0.3, 0.4) is 0 Å². The number of thioether (sulfide) groups is 1. The van der Waals surface area contributed by atoms with Crippen LogP contribution < -0.4 is 14.4 Å². The third kappa shape index (κ3) is 11.1. The first-order valence-corrected chi connectivity index (χ1v) is 20.7. The molecule has 56 heavy (non-hydrogen) atoms.